The summed E-state index contributed by atoms with van der Waals surface area (Å²) in [6.07, 6.45) is 2.27. The first-order valence-electron chi connectivity index (χ1n) is 8.13. The van der Waals surface area contributed by atoms with E-state index < -0.39 is 5.60 Å². The summed E-state index contributed by atoms with van der Waals surface area (Å²) in [5.74, 6) is 0.987. The number of ether oxygens (including phenoxy) is 1. The van der Waals surface area contributed by atoms with Crippen LogP contribution in [-0.4, -0.2) is 53.5 Å². The monoisotopic (exact) mass is 346 g/mol. The first kappa shape index (κ1) is 17.4. The zero-order valence-corrected chi connectivity index (χ0v) is 14.4. The van der Waals surface area contributed by atoms with Crippen LogP contribution in [0.4, 0.5) is 5.82 Å². The van der Waals surface area contributed by atoms with Gasteiger partial charge in [0.15, 0.2) is 5.69 Å². The van der Waals surface area contributed by atoms with Gasteiger partial charge in [-0.3, -0.25) is 4.79 Å². The van der Waals surface area contributed by atoms with Gasteiger partial charge < -0.3 is 24.6 Å². The van der Waals surface area contributed by atoms with Crippen LogP contribution >= 0.6 is 0 Å². The van der Waals surface area contributed by atoms with Crippen LogP contribution in [0, 0.1) is 6.92 Å². The molecule has 0 radical (unpaired) electrons. The molecule has 25 heavy (non-hydrogen) atoms. The third kappa shape index (κ3) is 3.80. The SMILES string of the molecule is COCc1c(C(=O)NC[C@]2(O)CCN(c3ccccn3)C2)noc1C. The fourth-order valence-corrected chi connectivity index (χ4v) is 2.95. The van der Waals surface area contributed by atoms with Gasteiger partial charge in [0, 0.05) is 32.9 Å². The number of aromatic nitrogens is 2. The van der Waals surface area contributed by atoms with E-state index in [1.807, 2.05) is 23.1 Å². The molecule has 1 aliphatic rings. The van der Waals surface area contributed by atoms with Crippen molar-refractivity contribution in [2.45, 2.75) is 25.6 Å². The largest absolute Gasteiger partial charge is 0.386 e. The first-order valence-corrected chi connectivity index (χ1v) is 8.13. The number of aryl methyl sites for hydroxylation is 1. The van der Waals surface area contributed by atoms with Gasteiger partial charge in [-0.15, -0.1) is 0 Å². The van der Waals surface area contributed by atoms with E-state index in [9.17, 15) is 9.90 Å². The Labute approximate surface area is 145 Å². The van der Waals surface area contributed by atoms with Crippen molar-refractivity contribution in [2.75, 3.05) is 31.6 Å². The van der Waals surface area contributed by atoms with Gasteiger partial charge in [0.25, 0.3) is 5.91 Å². The standard InChI is InChI=1S/C17H22N4O4/c1-12-13(9-24-2)15(20-25-12)16(22)19-10-17(23)6-8-21(11-17)14-5-3-4-7-18-14/h3-5,7,23H,6,8-11H2,1-2H3,(H,19,22)/t17-/m1/s1. The van der Waals surface area contributed by atoms with Crippen molar-refractivity contribution >= 4 is 11.7 Å². The third-order valence-corrected chi connectivity index (χ3v) is 4.37. The molecule has 0 bridgehead atoms. The molecule has 8 heteroatoms. The number of amides is 1. The van der Waals surface area contributed by atoms with Crippen molar-refractivity contribution in [2.24, 2.45) is 0 Å². The Morgan fingerprint density at radius 2 is 2.36 bits per heavy atom. The Kier molecular flexibility index (Phi) is 5.00. The Bertz CT molecular complexity index is 734. The fraction of sp³-hybridized carbons (Fsp3) is 0.471. The van der Waals surface area contributed by atoms with Crippen LogP contribution in [0.25, 0.3) is 0 Å². The van der Waals surface area contributed by atoms with Crippen LogP contribution in [0.3, 0.4) is 0 Å². The average molecular weight is 346 g/mol. The van der Waals surface area contributed by atoms with E-state index >= 15 is 0 Å². The lowest BCUT2D eigenvalue weighted by Gasteiger charge is -2.24. The number of hydrogen-bond acceptors (Lipinski definition) is 7. The molecule has 8 nitrogen and oxygen atoms in total. The average Bonchev–Trinajstić information content (AvgIpc) is 3.19. The topological polar surface area (TPSA) is 101 Å². The van der Waals surface area contributed by atoms with E-state index in [1.165, 1.54) is 0 Å². The van der Waals surface area contributed by atoms with Gasteiger partial charge in [0.1, 0.15) is 17.2 Å². The predicted molar refractivity (Wildman–Crippen MR) is 90.3 cm³/mol. The minimum Gasteiger partial charge on any atom is -0.386 e. The lowest BCUT2D eigenvalue weighted by Crippen LogP contribution is -2.45. The molecule has 1 fully saturated rings. The zero-order chi connectivity index (χ0) is 17.9. The van der Waals surface area contributed by atoms with E-state index in [4.69, 9.17) is 9.26 Å². The molecule has 1 atom stereocenters. The number of carbonyl (C=O) groups excluding carboxylic acids is 1. The highest BCUT2D eigenvalue weighted by Gasteiger charge is 2.37. The second kappa shape index (κ2) is 7.20. The molecule has 0 unspecified atom stereocenters. The highest BCUT2D eigenvalue weighted by molar-refractivity contribution is 5.93. The number of methoxy groups -OCH3 is 1. The molecule has 2 aromatic rings. The molecule has 3 heterocycles. The van der Waals surface area contributed by atoms with Crippen molar-refractivity contribution in [3.05, 3.63) is 41.4 Å². The lowest BCUT2D eigenvalue weighted by atomic mass is 10.0. The van der Waals surface area contributed by atoms with Crippen molar-refractivity contribution in [1.82, 2.24) is 15.5 Å². The number of β-amino-alcohol motifs (C(OH)–C–C–N with tert-alkyl or cyclic N) is 1. The molecule has 0 saturated carbocycles. The minimum absolute atomic E-state index is 0.132. The number of hydrogen-bond donors (Lipinski definition) is 2. The van der Waals surface area contributed by atoms with Crippen LogP contribution in [0.1, 0.15) is 28.2 Å². The molecular weight excluding hydrogens is 324 g/mol. The number of carbonyl (C=O) groups is 1. The molecule has 1 aliphatic heterocycles. The lowest BCUT2D eigenvalue weighted by molar-refractivity contribution is 0.0572. The second-order valence-electron chi connectivity index (χ2n) is 6.27. The molecule has 0 aromatic carbocycles. The van der Waals surface area contributed by atoms with Crippen molar-refractivity contribution < 1.29 is 19.2 Å². The molecule has 1 amide bonds. The molecule has 0 spiro atoms. The van der Waals surface area contributed by atoms with E-state index in [0.717, 1.165) is 5.82 Å². The normalized spacial score (nSPS) is 20.0. The Morgan fingerprint density at radius 3 is 3.08 bits per heavy atom. The summed E-state index contributed by atoms with van der Waals surface area (Å²) < 4.78 is 10.1. The molecule has 1 saturated heterocycles. The van der Waals surface area contributed by atoms with E-state index in [2.05, 4.69) is 15.5 Å². The fourth-order valence-electron chi connectivity index (χ4n) is 2.95. The summed E-state index contributed by atoms with van der Waals surface area (Å²) in [5.41, 5.74) is -0.191. The maximum Gasteiger partial charge on any atom is 0.273 e. The van der Waals surface area contributed by atoms with Crippen LogP contribution in [-0.2, 0) is 11.3 Å². The van der Waals surface area contributed by atoms with Crippen LogP contribution in [0.2, 0.25) is 0 Å². The molecule has 134 valence electrons. The number of nitrogens with one attached hydrogen (secondary N) is 1. The highest BCUT2D eigenvalue weighted by Crippen LogP contribution is 2.25. The Hall–Kier alpha value is -2.45. The van der Waals surface area contributed by atoms with E-state index in [0.29, 0.717) is 30.8 Å². The van der Waals surface area contributed by atoms with Gasteiger partial charge in [-0.05, 0) is 25.5 Å². The molecule has 0 aliphatic carbocycles. The summed E-state index contributed by atoms with van der Waals surface area (Å²) in [6, 6.07) is 5.66. The summed E-state index contributed by atoms with van der Waals surface area (Å²) in [5, 5.41) is 17.3. The van der Waals surface area contributed by atoms with Crippen LogP contribution < -0.4 is 10.2 Å². The number of anilines is 1. The van der Waals surface area contributed by atoms with Gasteiger partial charge in [-0.1, -0.05) is 11.2 Å². The smallest absolute Gasteiger partial charge is 0.273 e. The number of aliphatic hydroxyl groups is 1. The third-order valence-electron chi connectivity index (χ3n) is 4.37. The summed E-state index contributed by atoms with van der Waals surface area (Å²) >= 11 is 0. The Morgan fingerprint density at radius 1 is 1.52 bits per heavy atom. The summed E-state index contributed by atoms with van der Waals surface area (Å²) in [7, 11) is 1.54. The minimum atomic E-state index is -1.01. The Balaban J connectivity index is 1.61. The predicted octanol–water partition coefficient (Wildman–Crippen LogP) is 0.896. The van der Waals surface area contributed by atoms with E-state index in [1.54, 1.807) is 20.2 Å². The molecule has 2 N–H and O–H groups in total. The van der Waals surface area contributed by atoms with Gasteiger partial charge >= 0.3 is 0 Å². The zero-order valence-electron chi connectivity index (χ0n) is 14.4. The first-order chi connectivity index (χ1) is 12.0. The maximum atomic E-state index is 12.4. The maximum absolute atomic E-state index is 12.4. The molecule has 2 aromatic heterocycles. The summed E-state index contributed by atoms with van der Waals surface area (Å²) in [4.78, 5) is 18.7. The quantitative estimate of drug-likeness (QED) is 0.801. The number of pyridine rings is 1. The van der Waals surface area contributed by atoms with Crippen LogP contribution in [0.5, 0.6) is 0 Å². The molecular formula is C17H22N4O4. The van der Waals surface area contributed by atoms with Gasteiger partial charge in [-0.2, -0.15) is 0 Å². The van der Waals surface area contributed by atoms with Crippen molar-refractivity contribution in [3.8, 4) is 0 Å². The van der Waals surface area contributed by atoms with Gasteiger partial charge in [0.05, 0.1) is 12.2 Å². The number of nitrogens with zero attached hydrogens (tertiary/aromatic N) is 3. The highest BCUT2D eigenvalue weighted by atomic mass is 16.5. The van der Waals surface area contributed by atoms with Crippen molar-refractivity contribution in [1.29, 1.82) is 0 Å². The second-order valence-corrected chi connectivity index (χ2v) is 6.27. The van der Waals surface area contributed by atoms with Crippen LogP contribution in [0.15, 0.2) is 28.9 Å². The van der Waals surface area contributed by atoms with Crippen molar-refractivity contribution in [3.63, 3.8) is 0 Å². The van der Waals surface area contributed by atoms with Gasteiger partial charge in [-0.25, -0.2) is 4.98 Å². The summed E-state index contributed by atoms with van der Waals surface area (Å²) in [6.45, 7) is 3.20. The van der Waals surface area contributed by atoms with E-state index in [-0.39, 0.29) is 24.8 Å². The van der Waals surface area contributed by atoms with Gasteiger partial charge in [0.2, 0.25) is 0 Å². The number of rotatable bonds is 6. The molecule has 3 rings (SSSR count).